The van der Waals surface area contributed by atoms with Crippen molar-refractivity contribution in [3.05, 3.63) is 62.7 Å². The number of carbonyl (C=O) groups excluding carboxylic acids is 1. The van der Waals surface area contributed by atoms with Crippen LogP contribution in [0.5, 0.6) is 5.75 Å². The summed E-state index contributed by atoms with van der Waals surface area (Å²) in [6, 6.07) is 11.2. The minimum Gasteiger partial charge on any atom is -0.496 e. The number of halogens is 2. The third-order valence-corrected chi connectivity index (χ3v) is 4.42. The number of H-pyrrole nitrogens is 1. The molecule has 2 aromatic carbocycles. The summed E-state index contributed by atoms with van der Waals surface area (Å²) in [6.07, 6.45) is 1.75. The van der Waals surface area contributed by atoms with Crippen LogP contribution >= 0.6 is 31.9 Å². The second-order valence-electron chi connectivity index (χ2n) is 4.57. The molecule has 0 aliphatic rings. The van der Waals surface area contributed by atoms with Crippen LogP contribution in [0.3, 0.4) is 0 Å². The van der Waals surface area contributed by atoms with Crippen LogP contribution in [-0.4, -0.2) is 17.9 Å². The summed E-state index contributed by atoms with van der Waals surface area (Å²) < 4.78 is 6.89. The topological polar surface area (TPSA) is 42.1 Å². The minimum absolute atomic E-state index is 0.0253. The number of hydrogen-bond donors (Lipinski definition) is 1. The van der Waals surface area contributed by atoms with Crippen LogP contribution < -0.4 is 4.74 Å². The molecule has 3 nitrogen and oxygen atoms in total. The Kier molecular flexibility index (Phi) is 3.87. The summed E-state index contributed by atoms with van der Waals surface area (Å²) in [6.45, 7) is 0. The Bertz CT molecular complexity index is 839. The average Bonchev–Trinajstić information content (AvgIpc) is 2.89. The highest BCUT2D eigenvalue weighted by atomic mass is 79.9. The highest BCUT2D eigenvalue weighted by molar-refractivity contribution is 9.10. The Morgan fingerprint density at radius 1 is 1.14 bits per heavy atom. The summed E-state index contributed by atoms with van der Waals surface area (Å²) in [5.74, 6) is 0.677. The smallest absolute Gasteiger partial charge is 0.195 e. The van der Waals surface area contributed by atoms with E-state index in [2.05, 4.69) is 36.8 Å². The average molecular weight is 409 g/mol. The number of aromatic amines is 1. The fourth-order valence-corrected chi connectivity index (χ4v) is 3.15. The zero-order chi connectivity index (χ0) is 15.0. The van der Waals surface area contributed by atoms with Gasteiger partial charge in [0.05, 0.1) is 11.6 Å². The molecule has 0 spiro atoms. The van der Waals surface area contributed by atoms with E-state index in [4.69, 9.17) is 4.74 Å². The molecule has 0 amide bonds. The number of fused-ring (bicyclic) bond motifs is 1. The minimum atomic E-state index is -0.0253. The Morgan fingerprint density at radius 2 is 1.95 bits per heavy atom. The third kappa shape index (κ3) is 2.63. The van der Waals surface area contributed by atoms with Gasteiger partial charge in [-0.2, -0.15) is 0 Å². The molecule has 21 heavy (non-hydrogen) atoms. The maximum absolute atomic E-state index is 12.7. The van der Waals surface area contributed by atoms with Gasteiger partial charge in [0, 0.05) is 32.7 Å². The number of hydrogen-bond acceptors (Lipinski definition) is 2. The van der Waals surface area contributed by atoms with Crippen molar-refractivity contribution >= 4 is 48.5 Å². The van der Waals surface area contributed by atoms with Crippen molar-refractivity contribution in [2.24, 2.45) is 0 Å². The first-order valence-corrected chi connectivity index (χ1v) is 7.83. The molecular formula is C16H11Br2NO2. The van der Waals surface area contributed by atoms with Crippen LogP contribution in [0.2, 0.25) is 0 Å². The van der Waals surface area contributed by atoms with E-state index in [1.807, 2.05) is 18.2 Å². The second kappa shape index (κ2) is 5.66. The van der Waals surface area contributed by atoms with Crippen LogP contribution in [-0.2, 0) is 0 Å². The van der Waals surface area contributed by atoms with Crippen molar-refractivity contribution in [1.29, 1.82) is 0 Å². The Labute approximate surface area is 138 Å². The lowest BCUT2D eigenvalue weighted by Gasteiger charge is -2.05. The zero-order valence-electron chi connectivity index (χ0n) is 11.1. The van der Waals surface area contributed by atoms with Gasteiger partial charge in [0.2, 0.25) is 0 Å². The monoisotopic (exact) mass is 407 g/mol. The molecule has 0 radical (unpaired) electrons. The molecule has 1 N–H and O–H groups in total. The van der Waals surface area contributed by atoms with Crippen molar-refractivity contribution in [2.45, 2.75) is 0 Å². The van der Waals surface area contributed by atoms with E-state index in [9.17, 15) is 4.79 Å². The van der Waals surface area contributed by atoms with Gasteiger partial charge < -0.3 is 9.72 Å². The van der Waals surface area contributed by atoms with Crippen molar-refractivity contribution in [3.63, 3.8) is 0 Å². The number of carbonyl (C=O) groups is 1. The van der Waals surface area contributed by atoms with Crippen LogP contribution in [0.4, 0.5) is 0 Å². The largest absolute Gasteiger partial charge is 0.496 e. The van der Waals surface area contributed by atoms with E-state index in [1.165, 1.54) is 0 Å². The molecule has 0 aliphatic carbocycles. The normalized spacial score (nSPS) is 10.8. The number of ether oxygens (including phenoxy) is 1. The van der Waals surface area contributed by atoms with E-state index in [-0.39, 0.29) is 5.78 Å². The molecule has 1 aromatic heterocycles. The summed E-state index contributed by atoms with van der Waals surface area (Å²) >= 11 is 6.85. The van der Waals surface area contributed by atoms with Gasteiger partial charge in [-0.05, 0) is 52.3 Å². The molecule has 5 heteroatoms. The predicted octanol–water partition coefficient (Wildman–Crippen LogP) is 4.93. The highest BCUT2D eigenvalue weighted by Crippen LogP contribution is 2.29. The molecule has 1 heterocycles. The molecule has 0 atom stereocenters. The van der Waals surface area contributed by atoms with Gasteiger partial charge in [0.15, 0.2) is 5.78 Å². The number of ketones is 1. The maximum Gasteiger partial charge on any atom is 0.195 e. The standard InChI is InChI=1S/C16H11Br2NO2/c1-21-15-5-2-9(6-13(15)18)16(20)12-8-19-14-4-3-10(17)7-11(12)14/h2-8,19H,1H3. The summed E-state index contributed by atoms with van der Waals surface area (Å²) in [7, 11) is 1.60. The zero-order valence-corrected chi connectivity index (χ0v) is 14.3. The van der Waals surface area contributed by atoms with Gasteiger partial charge in [0.25, 0.3) is 0 Å². The number of nitrogens with one attached hydrogen (secondary N) is 1. The van der Waals surface area contributed by atoms with E-state index in [0.29, 0.717) is 16.9 Å². The summed E-state index contributed by atoms with van der Waals surface area (Å²) in [5, 5.41) is 0.904. The number of benzene rings is 2. The molecule has 0 aliphatic heterocycles. The predicted molar refractivity (Wildman–Crippen MR) is 90.1 cm³/mol. The molecule has 3 rings (SSSR count). The summed E-state index contributed by atoms with van der Waals surface area (Å²) in [4.78, 5) is 15.8. The van der Waals surface area contributed by atoms with E-state index >= 15 is 0 Å². The van der Waals surface area contributed by atoms with Crippen LogP contribution in [0, 0.1) is 0 Å². The van der Waals surface area contributed by atoms with Gasteiger partial charge >= 0.3 is 0 Å². The lowest BCUT2D eigenvalue weighted by atomic mass is 10.0. The van der Waals surface area contributed by atoms with Gasteiger partial charge in [0.1, 0.15) is 5.75 Å². The quantitative estimate of drug-likeness (QED) is 0.624. The molecule has 106 valence electrons. The fraction of sp³-hybridized carbons (Fsp3) is 0.0625. The third-order valence-electron chi connectivity index (χ3n) is 3.30. The fourth-order valence-electron chi connectivity index (χ4n) is 2.24. The molecule has 0 saturated carbocycles. The lowest BCUT2D eigenvalue weighted by Crippen LogP contribution is -2.00. The summed E-state index contributed by atoms with van der Waals surface area (Å²) in [5.41, 5.74) is 2.21. The van der Waals surface area contributed by atoms with Crippen molar-refractivity contribution in [2.75, 3.05) is 7.11 Å². The first kappa shape index (κ1) is 14.4. The molecule has 0 fully saturated rings. The van der Waals surface area contributed by atoms with E-state index in [1.54, 1.807) is 31.5 Å². The highest BCUT2D eigenvalue weighted by Gasteiger charge is 2.15. The van der Waals surface area contributed by atoms with Crippen LogP contribution in [0.15, 0.2) is 51.5 Å². The van der Waals surface area contributed by atoms with Crippen LogP contribution in [0.1, 0.15) is 15.9 Å². The van der Waals surface area contributed by atoms with Gasteiger partial charge in [-0.1, -0.05) is 15.9 Å². The second-order valence-corrected chi connectivity index (χ2v) is 6.34. The van der Waals surface area contributed by atoms with Gasteiger partial charge in [-0.15, -0.1) is 0 Å². The Morgan fingerprint density at radius 3 is 2.67 bits per heavy atom. The van der Waals surface area contributed by atoms with Crippen LogP contribution in [0.25, 0.3) is 10.9 Å². The molecule has 3 aromatic rings. The molecule has 0 bridgehead atoms. The van der Waals surface area contributed by atoms with Gasteiger partial charge in [-0.25, -0.2) is 0 Å². The maximum atomic E-state index is 12.7. The number of methoxy groups -OCH3 is 1. The van der Waals surface area contributed by atoms with Crippen molar-refractivity contribution < 1.29 is 9.53 Å². The van der Waals surface area contributed by atoms with E-state index in [0.717, 1.165) is 19.8 Å². The van der Waals surface area contributed by atoms with E-state index < -0.39 is 0 Å². The Hall–Kier alpha value is -1.59. The van der Waals surface area contributed by atoms with Crippen molar-refractivity contribution in [3.8, 4) is 5.75 Å². The number of rotatable bonds is 3. The lowest BCUT2D eigenvalue weighted by molar-refractivity contribution is 0.104. The Balaban J connectivity index is 2.08. The first-order valence-electron chi connectivity index (χ1n) is 6.25. The molecule has 0 saturated heterocycles. The SMILES string of the molecule is COc1ccc(C(=O)c2c[nH]c3ccc(Br)cc23)cc1Br. The first-order chi connectivity index (χ1) is 10.1. The van der Waals surface area contributed by atoms with Gasteiger partial charge in [-0.3, -0.25) is 4.79 Å². The molecule has 0 unspecified atom stereocenters. The number of aromatic nitrogens is 1. The molecular weight excluding hydrogens is 398 g/mol. The van der Waals surface area contributed by atoms with Crippen molar-refractivity contribution in [1.82, 2.24) is 4.98 Å².